The predicted molar refractivity (Wildman–Crippen MR) is 108 cm³/mol. The minimum absolute atomic E-state index is 0.264. The molecule has 0 saturated heterocycles. The second-order valence-corrected chi connectivity index (χ2v) is 6.64. The molecule has 3 heterocycles. The average molecular weight is 370 g/mol. The number of phenolic OH excluding ortho intramolecular Hbond substituents is 1. The third-order valence-corrected chi connectivity index (χ3v) is 4.86. The number of hydrogen-bond donors (Lipinski definition) is 2. The Hall–Kier alpha value is -3.87. The van der Waals surface area contributed by atoms with Crippen molar-refractivity contribution in [2.24, 2.45) is 0 Å². The number of para-hydroxylation sites is 1. The topological polar surface area (TPSA) is 79.1 Å². The summed E-state index contributed by atoms with van der Waals surface area (Å²) in [6.45, 7) is 2.47. The van der Waals surface area contributed by atoms with Crippen molar-refractivity contribution in [1.82, 2.24) is 19.5 Å². The highest BCUT2D eigenvalue weighted by Crippen LogP contribution is 2.37. The van der Waals surface area contributed by atoms with Gasteiger partial charge in [-0.05, 0) is 31.2 Å². The van der Waals surface area contributed by atoms with Crippen LogP contribution in [0.1, 0.15) is 11.1 Å². The Kier molecular flexibility index (Phi) is 3.72. The van der Waals surface area contributed by atoms with Crippen molar-refractivity contribution in [3.05, 3.63) is 78.2 Å². The summed E-state index contributed by atoms with van der Waals surface area (Å²) in [6.07, 6.45) is 5.47. The molecule has 7 heteroatoms. The van der Waals surface area contributed by atoms with E-state index in [9.17, 15) is 5.11 Å². The van der Waals surface area contributed by atoms with Crippen molar-refractivity contribution in [3.63, 3.8) is 0 Å². The van der Waals surface area contributed by atoms with E-state index >= 15 is 0 Å². The summed E-state index contributed by atoms with van der Waals surface area (Å²) in [5.74, 6) is 2.35. The molecular formula is C21H18N6O. The van der Waals surface area contributed by atoms with Crippen LogP contribution in [0.5, 0.6) is 5.75 Å². The molecule has 0 bridgehead atoms. The highest BCUT2D eigenvalue weighted by Gasteiger charge is 2.27. The van der Waals surface area contributed by atoms with E-state index < -0.39 is 0 Å². The van der Waals surface area contributed by atoms with Crippen LogP contribution >= 0.6 is 0 Å². The largest absolute Gasteiger partial charge is 0.508 e. The molecule has 2 aromatic heterocycles. The summed E-state index contributed by atoms with van der Waals surface area (Å²) in [5, 5.41) is 13.3. The van der Waals surface area contributed by atoms with Crippen LogP contribution in [-0.4, -0.2) is 24.6 Å². The molecule has 4 aromatic rings. The van der Waals surface area contributed by atoms with Crippen molar-refractivity contribution in [3.8, 4) is 11.6 Å². The molecule has 138 valence electrons. The minimum atomic E-state index is 0.264. The van der Waals surface area contributed by atoms with E-state index in [0.717, 1.165) is 34.3 Å². The monoisotopic (exact) mass is 370 g/mol. The van der Waals surface area contributed by atoms with Gasteiger partial charge in [-0.25, -0.2) is 9.97 Å². The number of anilines is 4. The van der Waals surface area contributed by atoms with Gasteiger partial charge in [0.25, 0.3) is 0 Å². The van der Waals surface area contributed by atoms with Crippen LogP contribution in [0.4, 0.5) is 23.3 Å². The third-order valence-electron chi connectivity index (χ3n) is 4.86. The van der Waals surface area contributed by atoms with E-state index in [2.05, 4.69) is 20.2 Å². The first-order valence-electron chi connectivity index (χ1n) is 8.98. The maximum absolute atomic E-state index is 10.1. The smallest absolute Gasteiger partial charge is 0.229 e. The molecular weight excluding hydrogens is 352 g/mol. The lowest BCUT2D eigenvalue weighted by molar-refractivity contribution is 0.471. The van der Waals surface area contributed by atoms with Gasteiger partial charge in [0, 0.05) is 35.4 Å². The zero-order valence-electron chi connectivity index (χ0n) is 15.2. The van der Waals surface area contributed by atoms with Gasteiger partial charge in [0.15, 0.2) is 0 Å². The van der Waals surface area contributed by atoms with E-state index in [1.807, 2.05) is 66.3 Å². The van der Waals surface area contributed by atoms with Gasteiger partial charge in [0.05, 0.1) is 12.2 Å². The van der Waals surface area contributed by atoms with Gasteiger partial charge < -0.3 is 15.3 Å². The van der Waals surface area contributed by atoms with E-state index in [0.29, 0.717) is 12.5 Å². The molecule has 5 rings (SSSR count). The average Bonchev–Trinajstić information content (AvgIpc) is 3.21. The number of hydrogen-bond acceptors (Lipinski definition) is 6. The van der Waals surface area contributed by atoms with E-state index in [1.54, 1.807) is 12.3 Å². The Morgan fingerprint density at radius 1 is 1.04 bits per heavy atom. The van der Waals surface area contributed by atoms with Crippen LogP contribution in [0.2, 0.25) is 0 Å². The first-order chi connectivity index (χ1) is 13.7. The Labute approximate surface area is 162 Å². The zero-order chi connectivity index (χ0) is 19.1. The number of nitrogens with zero attached hydrogens (tertiary/aromatic N) is 5. The van der Waals surface area contributed by atoms with Crippen LogP contribution < -0.4 is 10.2 Å². The second kappa shape index (κ2) is 6.38. The molecule has 0 atom stereocenters. The highest BCUT2D eigenvalue weighted by atomic mass is 16.3. The number of nitrogens with one attached hydrogen (secondary N) is 1. The van der Waals surface area contributed by atoms with E-state index in [-0.39, 0.29) is 5.75 Å². The lowest BCUT2D eigenvalue weighted by Gasteiger charge is -2.31. The number of benzene rings is 2. The maximum atomic E-state index is 10.1. The second-order valence-electron chi connectivity index (χ2n) is 6.64. The molecule has 2 aromatic carbocycles. The fraction of sp³-hybridized carbons (Fsp3) is 0.0952. The Balaban J connectivity index is 1.56. The van der Waals surface area contributed by atoms with Crippen molar-refractivity contribution < 1.29 is 5.11 Å². The molecule has 2 N–H and O–H groups in total. The Bertz CT molecular complexity index is 1150. The van der Waals surface area contributed by atoms with E-state index in [4.69, 9.17) is 4.98 Å². The molecule has 0 spiro atoms. The molecule has 28 heavy (non-hydrogen) atoms. The lowest BCUT2D eigenvalue weighted by Crippen LogP contribution is -2.27. The fourth-order valence-corrected chi connectivity index (χ4v) is 3.43. The predicted octanol–water partition coefficient (Wildman–Crippen LogP) is 4.07. The van der Waals surface area contributed by atoms with Crippen molar-refractivity contribution in [2.75, 3.05) is 10.2 Å². The van der Waals surface area contributed by atoms with Crippen LogP contribution in [0.3, 0.4) is 0 Å². The van der Waals surface area contributed by atoms with E-state index in [1.165, 1.54) is 0 Å². The molecule has 0 aliphatic carbocycles. The summed E-state index contributed by atoms with van der Waals surface area (Å²) >= 11 is 0. The van der Waals surface area contributed by atoms with Gasteiger partial charge >= 0.3 is 0 Å². The number of aromatic nitrogens is 4. The molecule has 1 aliphatic rings. The first-order valence-corrected chi connectivity index (χ1v) is 8.98. The van der Waals surface area contributed by atoms with Crippen molar-refractivity contribution >= 4 is 23.3 Å². The molecule has 0 fully saturated rings. The molecule has 0 amide bonds. The summed E-state index contributed by atoms with van der Waals surface area (Å²) < 4.78 is 1.94. The fourth-order valence-electron chi connectivity index (χ4n) is 3.43. The molecule has 1 aliphatic heterocycles. The molecule has 0 saturated carbocycles. The van der Waals surface area contributed by atoms with Crippen LogP contribution in [0.25, 0.3) is 5.82 Å². The quantitative estimate of drug-likeness (QED) is 0.566. The number of imidazole rings is 1. The van der Waals surface area contributed by atoms with Crippen LogP contribution in [-0.2, 0) is 6.54 Å². The standard InChI is InChI=1S/C21H18N6O/c1-14-17(8-5-9-18(14)28)27-13-15-12-23-20(24-16-6-3-2-4-7-16)25-19(15)26-11-10-22-21(26)27/h2-12,28H,13H2,1H3,(H,23,24,25). The normalized spacial score (nSPS) is 12.4. The number of fused-ring (bicyclic) bond motifs is 3. The highest BCUT2D eigenvalue weighted by molar-refractivity contribution is 5.69. The Morgan fingerprint density at radius 3 is 2.75 bits per heavy atom. The van der Waals surface area contributed by atoms with Gasteiger partial charge in [-0.15, -0.1) is 0 Å². The van der Waals surface area contributed by atoms with Crippen LogP contribution in [0, 0.1) is 6.92 Å². The number of phenols is 1. The number of aromatic hydroxyl groups is 1. The zero-order valence-corrected chi connectivity index (χ0v) is 15.2. The van der Waals surface area contributed by atoms with Gasteiger partial charge in [0.1, 0.15) is 11.6 Å². The van der Waals surface area contributed by atoms with Crippen molar-refractivity contribution in [1.29, 1.82) is 0 Å². The first kappa shape index (κ1) is 16.3. The maximum Gasteiger partial charge on any atom is 0.229 e. The van der Waals surface area contributed by atoms with Gasteiger partial charge in [-0.1, -0.05) is 24.3 Å². The van der Waals surface area contributed by atoms with Crippen molar-refractivity contribution in [2.45, 2.75) is 13.5 Å². The van der Waals surface area contributed by atoms with Gasteiger partial charge in [0.2, 0.25) is 11.9 Å². The Morgan fingerprint density at radius 2 is 1.89 bits per heavy atom. The summed E-state index contributed by atoms with van der Waals surface area (Å²) in [6, 6.07) is 15.3. The summed E-state index contributed by atoms with van der Waals surface area (Å²) in [7, 11) is 0. The van der Waals surface area contributed by atoms with Gasteiger partial charge in [-0.3, -0.25) is 4.57 Å². The number of rotatable bonds is 3. The molecule has 0 unspecified atom stereocenters. The SMILES string of the molecule is Cc1c(O)cccc1N1Cc2cnc(Nc3ccccc3)nc2-n2ccnc21. The summed E-state index contributed by atoms with van der Waals surface area (Å²) in [4.78, 5) is 15.8. The van der Waals surface area contributed by atoms with Gasteiger partial charge in [-0.2, -0.15) is 4.98 Å². The summed E-state index contributed by atoms with van der Waals surface area (Å²) in [5.41, 5.74) is 3.63. The third kappa shape index (κ3) is 2.64. The molecule has 0 radical (unpaired) electrons. The van der Waals surface area contributed by atoms with Crippen LogP contribution in [0.15, 0.2) is 67.1 Å². The minimum Gasteiger partial charge on any atom is -0.508 e. The molecule has 7 nitrogen and oxygen atoms in total. The lowest BCUT2D eigenvalue weighted by atomic mass is 10.1.